The van der Waals surface area contributed by atoms with Crippen LogP contribution in [0, 0.1) is 18.3 Å². The molecule has 1 saturated heterocycles. The van der Waals surface area contributed by atoms with E-state index in [4.69, 9.17) is 8.83 Å². The molecule has 1 aliphatic rings. The highest BCUT2D eigenvalue weighted by atomic mass is 32.2. The molecule has 3 heterocycles. The lowest BCUT2D eigenvalue weighted by molar-refractivity contribution is 0.267. The molecule has 4 aromatic rings. The molecule has 13 heteroatoms. The summed E-state index contributed by atoms with van der Waals surface area (Å²) in [5, 5.41) is 8.69. The number of rotatable bonds is 6. The van der Waals surface area contributed by atoms with Gasteiger partial charge in [0.05, 0.1) is 0 Å². The van der Waals surface area contributed by atoms with Crippen LogP contribution in [-0.2, 0) is 20.0 Å². The van der Waals surface area contributed by atoms with Crippen molar-refractivity contribution in [3.8, 4) is 28.8 Å². The van der Waals surface area contributed by atoms with Crippen LogP contribution in [0.4, 0.5) is 0 Å². The van der Waals surface area contributed by atoms with Crippen molar-refractivity contribution in [3.05, 3.63) is 72.2 Å². The monoisotopic (exact) mass is 539 g/mol. The van der Waals surface area contributed by atoms with Crippen molar-refractivity contribution in [2.45, 2.75) is 17.0 Å². The number of oxazole rings is 2. The van der Waals surface area contributed by atoms with Gasteiger partial charge >= 0.3 is 0 Å². The topological polar surface area (TPSA) is 151 Å². The minimum atomic E-state index is -4.25. The molecular formula is C24H21N5O6S2. The molecule has 0 radical (unpaired) electrons. The normalized spacial score (nSPS) is 15.5. The first kappa shape index (κ1) is 24.8. The van der Waals surface area contributed by atoms with Gasteiger partial charge in [0.25, 0.3) is 25.1 Å². The Morgan fingerprint density at radius 2 is 1.32 bits per heavy atom. The molecule has 0 N–H and O–H groups in total. The summed E-state index contributed by atoms with van der Waals surface area (Å²) in [6.07, 6.45) is 0. The van der Waals surface area contributed by atoms with E-state index in [1.807, 2.05) is 0 Å². The standard InChI is InChI=1S/C24H21N5O6S2/c1-17-26-23(21(34-17)18-8-4-2-5-9-18)36(30,31)28-12-14-29(15-13-28)37(32,33)24-20(16-25)27-22(35-24)19-10-6-3-7-11-19/h2-11H,12-15H2,1H3. The Hall–Kier alpha value is -3.83. The smallest absolute Gasteiger partial charge is 0.279 e. The number of piperazine rings is 1. The first-order valence-electron chi connectivity index (χ1n) is 11.2. The third-order valence-electron chi connectivity index (χ3n) is 5.82. The molecule has 0 spiro atoms. The molecule has 37 heavy (non-hydrogen) atoms. The van der Waals surface area contributed by atoms with Crippen LogP contribution >= 0.6 is 0 Å². The molecule has 0 aliphatic carbocycles. The second-order valence-electron chi connectivity index (χ2n) is 8.17. The summed E-state index contributed by atoms with van der Waals surface area (Å²) >= 11 is 0. The lowest BCUT2D eigenvalue weighted by Crippen LogP contribution is -2.50. The van der Waals surface area contributed by atoms with E-state index in [0.717, 1.165) is 4.31 Å². The van der Waals surface area contributed by atoms with Crippen LogP contribution in [0.15, 0.2) is 79.6 Å². The molecule has 0 amide bonds. The molecule has 0 unspecified atom stereocenters. The molecule has 2 aromatic heterocycles. The molecule has 1 aliphatic heterocycles. The quantitative estimate of drug-likeness (QED) is 0.360. The van der Waals surface area contributed by atoms with Crippen LogP contribution in [0.5, 0.6) is 0 Å². The van der Waals surface area contributed by atoms with Gasteiger partial charge in [-0.2, -0.15) is 18.9 Å². The molecule has 0 bridgehead atoms. The minimum Gasteiger partial charge on any atom is -0.440 e. The lowest BCUT2D eigenvalue weighted by atomic mass is 10.2. The van der Waals surface area contributed by atoms with E-state index >= 15 is 0 Å². The van der Waals surface area contributed by atoms with E-state index in [0.29, 0.717) is 11.1 Å². The van der Waals surface area contributed by atoms with Crippen molar-refractivity contribution in [2.24, 2.45) is 0 Å². The van der Waals surface area contributed by atoms with E-state index in [1.54, 1.807) is 73.7 Å². The first-order valence-corrected chi connectivity index (χ1v) is 14.1. The van der Waals surface area contributed by atoms with Crippen molar-refractivity contribution >= 4 is 20.0 Å². The maximum Gasteiger partial charge on any atom is 0.279 e. The van der Waals surface area contributed by atoms with Gasteiger partial charge in [-0.25, -0.2) is 21.8 Å². The number of aromatic nitrogens is 2. The highest BCUT2D eigenvalue weighted by molar-refractivity contribution is 7.89. The average Bonchev–Trinajstić information content (AvgIpc) is 3.55. The molecule has 190 valence electrons. The fourth-order valence-electron chi connectivity index (χ4n) is 4.00. The number of sulfonamides is 2. The minimum absolute atomic E-state index is 0.00628. The molecule has 5 rings (SSSR count). The van der Waals surface area contributed by atoms with E-state index in [1.165, 1.54) is 4.31 Å². The van der Waals surface area contributed by atoms with Crippen LogP contribution in [0.25, 0.3) is 22.8 Å². The number of nitrogens with zero attached hydrogens (tertiary/aromatic N) is 5. The number of aryl methyl sites for hydroxylation is 1. The Balaban J connectivity index is 1.38. The van der Waals surface area contributed by atoms with E-state index in [9.17, 15) is 22.1 Å². The van der Waals surface area contributed by atoms with E-state index in [-0.39, 0.29) is 54.4 Å². The van der Waals surface area contributed by atoms with E-state index in [2.05, 4.69) is 9.97 Å². The van der Waals surface area contributed by atoms with Gasteiger partial charge in [-0.3, -0.25) is 0 Å². The summed E-state index contributed by atoms with van der Waals surface area (Å²) in [7, 11) is -8.33. The van der Waals surface area contributed by atoms with Gasteiger partial charge < -0.3 is 8.83 Å². The van der Waals surface area contributed by atoms with Crippen LogP contribution in [0.1, 0.15) is 11.6 Å². The third kappa shape index (κ3) is 4.56. The summed E-state index contributed by atoms with van der Waals surface area (Å²) < 4.78 is 66.9. The maximum absolute atomic E-state index is 13.4. The Morgan fingerprint density at radius 1 is 0.784 bits per heavy atom. The predicted octanol–water partition coefficient (Wildman–Crippen LogP) is 2.87. The molecule has 0 saturated carbocycles. The van der Waals surface area contributed by atoms with Gasteiger partial charge in [0, 0.05) is 44.2 Å². The second-order valence-corrected chi connectivity index (χ2v) is 11.9. The van der Waals surface area contributed by atoms with Crippen molar-refractivity contribution < 1.29 is 25.7 Å². The number of hydrogen-bond acceptors (Lipinski definition) is 9. The van der Waals surface area contributed by atoms with Gasteiger partial charge in [0.2, 0.25) is 10.9 Å². The lowest BCUT2D eigenvalue weighted by Gasteiger charge is -2.32. The van der Waals surface area contributed by atoms with Crippen LogP contribution in [-0.4, -0.2) is 61.6 Å². The van der Waals surface area contributed by atoms with Crippen molar-refractivity contribution in [1.29, 1.82) is 5.26 Å². The van der Waals surface area contributed by atoms with Crippen LogP contribution in [0.3, 0.4) is 0 Å². The maximum atomic E-state index is 13.4. The van der Waals surface area contributed by atoms with Gasteiger partial charge in [0.15, 0.2) is 17.3 Å². The Kier molecular flexibility index (Phi) is 6.42. The van der Waals surface area contributed by atoms with Crippen LogP contribution in [0.2, 0.25) is 0 Å². The van der Waals surface area contributed by atoms with Gasteiger partial charge in [0.1, 0.15) is 6.07 Å². The molecule has 11 nitrogen and oxygen atoms in total. The molecule has 2 aromatic carbocycles. The largest absolute Gasteiger partial charge is 0.440 e. The van der Waals surface area contributed by atoms with Crippen molar-refractivity contribution in [3.63, 3.8) is 0 Å². The average molecular weight is 540 g/mol. The summed E-state index contributed by atoms with van der Waals surface area (Å²) in [6, 6.07) is 19.2. The third-order valence-corrected chi connectivity index (χ3v) is 9.42. The zero-order valence-corrected chi connectivity index (χ0v) is 21.2. The fraction of sp³-hybridized carbons (Fsp3) is 0.208. The summed E-state index contributed by atoms with van der Waals surface area (Å²) in [5.41, 5.74) is 0.722. The zero-order chi connectivity index (χ0) is 26.2. The molecule has 0 atom stereocenters. The predicted molar refractivity (Wildman–Crippen MR) is 131 cm³/mol. The second kappa shape index (κ2) is 9.56. The fourth-order valence-corrected chi connectivity index (χ4v) is 6.93. The number of nitriles is 1. The first-order chi connectivity index (χ1) is 17.7. The van der Waals surface area contributed by atoms with Gasteiger partial charge in [-0.15, -0.1) is 0 Å². The SMILES string of the molecule is Cc1nc(S(=O)(=O)N2CCN(S(=O)(=O)c3oc(-c4ccccc4)nc3C#N)CC2)c(-c2ccccc2)o1. The van der Waals surface area contributed by atoms with E-state index < -0.39 is 25.1 Å². The number of benzene rings is 2. The summed E-state index contributed by atoms with van der Waals surface area (Å²) in [4.78, 5) is 8.15. The highest BCUT2D eigenvalue weighted by Gasteiger charge is 2.39. The Morgan fingerprint density at radius 3 is 1.89 bits per heavy atom. The summed E-state index contributed by atoms with van der Waals surface area (Å²) in [5.74, 6) is 0.330. The van der Waals surface area contributed by atoms with Gasteiger partial charge in [-0.05, 0) is 12.1 Å². The Labute approximate surface area is 213 Å². The molecule has 1 fully saturated rings. The van der Waals surface area contributed by atoms with Crippen molar-refractivity contribution in [2.75, 3.05) is 26.2 Å². The highest BCUT2D eigenvalue weighted by Crippen LogP contribution is 2.32. The van der Waals surface area contributed by atoms with Crippen LogP contribution < -0.4 is 0 Å². The summed E-state index contributed by atoms with van der Waals surface area (Å²) in [6.45, 7) is 1.02. The van der Waals surface area contributed by atoms with Gasteiger partial charge in [-0.1, -0.05) is 48.5 Å². The zero-order valence-electron chi connectivity index (χ0n) is 19.6. The molecular weight excluding hydrogens is 518 g/mol. The number of hydrogen-bond donors (Lipinski definition) is 0. The Bertz CT molecular complexity index is 1680. The van der Waals surface area contributed by atoms with Crippen molar-refractivity contribution in [1.82, 2.24) is 18.6 Å².